The van der Waals surface area contributed by atoms with E-state index in [9.17, 15) is 4.79 Å². The summed E-state index contributed by atoms with van der Waals surface area (Å²) in [4.78, 5) is 12.0. The lowest BCUT2D eigenvalue weighted by molar-refractivity contribution is -0.235. The van der Waals surface area contributed by atoms with Gasteiger partial charge >= 0.3 is 13.1 Å². The predicted octanol–water partition coefficient (Wildman–Crippen LogP) is 4.12. The number of carbonyl (C=O) groups is 1. The third-order valence-electron chi connectivity index (χ3n) is 7.84. The first kappa shape index (κ1) is 22.1. The molecule has 3 saturated carbocycles. The van der Waals surface area contributed by atoms with Gasteiger partial charge in [0.1, 0.15) is 5.60 Å². The van der Waals surface area contributed by atoms with Crippen molar-refractivity contribution in [2.45, 2.75) is 110 Å². The molecular formula is C22H40BNO4. The Hall–Kier alpha value is -0.585. The maximum Gasteiger partial charge on any atom is 0.475 e. The fraction of sp³-hybridized carbons (Fsp3) is 0.955. The zero-order valence-corrected chi connectivity index (χ0v) is 19.1. The van der Waals surface area contributed by atoms with Crippen molar-refractivity contribution in [3.8, 4) is 0 Å². The minimum Gasteiger partial charge on any atom is -0.460 e. The summed E-state index contributed by atoms with van der Waals surface area (Å²) in [5.41, 5.74) is 5.86. The molecule has 1 heterocycles. The van der Waals surface area contributed by atoms with E-state index in [2.05, 4.69) is 34.6 Å². The van der Waals surface area contributed by atoms with Crippen LogP contribution in [0.5, 0.6) is 0 Å². The highest BCUT2D eigenvalue weighted by Gasteiger charge is 2.73. The van der Waals surface area contributed by atoms with Crippen molar-refractivity contribution in [2.75, 3.05) is 0 Å². The Bertz CT molecular complexity index is 618. The van der Waals surface area contributed by atoms with Crippen LogP contribution in [0, 0.1) is 23.2 Å². The molecule has 0 spiro atoms. The average molecular weight is 393 g/mol. The van der Waals surface area contributed by atoms with Gasteiger partial charge in [0.2, 0.25) is 0 Å². The quantitative estimate of drug-likeness (QED) is 0.543. The SMILES string of the molecule is C[C@@H](CC[C@H](N)B1O[C@]2(C)C[C@@H]3C[C@@H](C3(C)C)[C@]2(C)O1)CC(=O)OC(C)(C)C. The predicted molar refractivity (Wildman–Crippen MR) is 112 cm³/mol. The summed E-state index contributed by atoms with van der Waals surface area (Å²) in [5.74, 6) is 1.13. The van der Waals surface area contributed by atoms with E-state index in [0.29, 0.717) is 23.7 Å². The molecule has 1 aliphatic heterocycles. The smallest absolute Gasteiger partial charge is 0.460 e. The molecule has 4 rings (SSSR count). The molecule has 0 unspecified atom stereocenters. The number of nitrogens with two attached hydrogens (primary N) is 1. The van der Waals surface area contributed by atoms with Crippen molar-refractivity contribution >= 4 is 13.1 Å². The summed E-state index contributed by atoms with van der Waals surface area (Å²) >= 11 is 0. The van der Waals surface area contributed by atoms with Crippen molar-refractivity contribution < 1.29 is 18.8 Å². The lowest BCUT2D eigenvalue weighted by atomic mass is 9.41. The fourth-order valence-electron chi connectivity index (χ4n) is 5.79. The first-order valence-electron chi connectivity index (χ1n) is 11.0. The van der Waals surface area contributed by atoms with Crippen molar-refractivity contribution in [2.24, 2.45) is 28.9 Å². The van der Waals surface area contributed by atoms with Gasteiger partial charge in [-0.15, -0.1) is 0 Å². The van der Waals surface area contributed by atoms with Gasteiger partial charge in [0.05, 0.1) is 11.2 Å². The molecule has 0 aromatic carbocycles. The van der Waals surface area contributed by atoms with Gasteiger partial charge in [0, 0.05) is 12.4 Å². The molecule has 0 aromatic heterocycles. The van der Waals surface area contributed by atoms with E-state index in [4.69, 9.17) is 19.8 Å². The molecule has 4 aliphatic rings. The zero-order chi connectivity index (χ0) is 21.1. The largest absolute Gasteiger partial charge is 0.475 e. The maximum atomic E-state index is 12.0. The van der Waals surface area contributed by atoms with Gasteiger partial charge < -0.3 is 19.8 Å². The van der Waals surface area contributed by atoms with Crippen LogP contribution >= 0.6 is 0 Å². The number of hydrogen-bond acceptors (Lipinski definition) is 5. The van der Waals surface area contributed by atoms with E-state index in [-0.39, 0.29) is 36.1 Å². The number of ether oxygens (including phenoxy) is 1. The van der Waals surface area contributed by atoms with Crippen LogP contribution in [0.4, 0.5) is 0 Å². The average Bonchev–Trinajstić information content (AvgIpc) is 2.81. The van der Waals surface area contributed by atoms with Crippen LogP contribution in [0.25, 0.3) is 0 Å². The van der Waals surface area contributed by atoms with Gasteiger partial charge in [-0.2, -0.15) is 0 Å². The van der Waals surface area contributed by atoms with Gasteiger partial charge in [-0.05, 0) is 83.5 Å². The van der Waals surface area contributed by atoms with Gasteiger partial charge in [-0.3, -0.25) is 4.79 Å². The number of carbonyl (C=O) groups excluding carboxylic acids is 1. The Kier molecular flexibility index (Phi) is 5.52. The van der Waals surface area contributed by atoms with Crippen LogP contribution in [0.15, 0.2) is 0 Å². The Morgan fingerprint density at radius 2 is 1.86 bits per heavy atom. The third kappa shape index (κ3) is 3.77. The van der Waals surface area contributed by atoms with E-state index in [0.717, 1.165) is 19.3 Å². The molecule has 3 aliphatic carbocycles. The first-order valence-corrected chi connectivity index (χ1v) is 11.0. The monoisotopic (exact) mass is 393 g/mol. The van der Waals surface area contributed by atoms with E-state index in [1.807, 2.05) is 20.8 Å². The van der Waals surface area contributed by atoms with Crippen molar-refractivity contribution in [3.63, 3.8) is 0 Å². The fourth-order valence-corrected chi connectivity index (χ4v) is 5.79. The van der Waals surface area contributed by atoms with E-state index < -0.39 is 5.60 Å². The Morgan fingerprint density at radius 3 is 2.43 bits per heavy atom. The lowest BCUT2D eigenvalue weighted by Crippen LogP contribution is -2.70. The highest BCUT2D eigenvalue weighted by Crippen LogP contribution is 2.69. The second-order valence-corrected chi connectivity index (χ2v) is 11.6. The molecule has 5 nitrogen and oxygen atoms in total. The highest BCUT2D eigenvalue weighted by atomic mass is 16.7. The molecule has 0 amide bonds. The topological polar surface area (TPSA) is 70.8 Å². The zero-order valence-electron chi connectivity index (χ0n) is 19.1. The third-order valence-corrected chi connectivity index (χ3v) is 7.84. The molecular weight excluding hydrogens is 353 g/mol. The first-order chi connectivity index (χ1) is 12.7. The van der Waals surface area contributed by atoms with Gasteiger partial charge in [0.25, 0.3) is 0 Å². The van der Waals surface area contributed by atoms with Crippen LogP contribution in [-0.2, 0) is 18.8 Å². The number of rotatable bonds is 6. The maximum absolute atomic E-state index is 12.0. The van der Waals surface area contributed by atoms with E-state index >= 15 is 0 Å². The molecule has 28 heavy (non-hydrogen) atoms. The lowest BCUT2D eigenvalue weighted by Gasteiger charge is -2.67. The highest BCUT2D eigenvalue weighted by molar-refractivity contribution is 6.47. The summed E-state index contributed by atoms with van der Waals surface area (Å²) in [6.45, 7) is 16.9. The minimum absolute atomic E-state index is 0.144. The molecule has 1 saturated heterocycles. The second kappa shape index (κ2) is 6.99. The Balaban J connectivity index is 1.52. The standard InChI is InChI=1S/C22H40BNO4/c1-14(11-18(25)26-19(2,3)4)9-10-17(24)23-27-21(7)13-15-12-16(20(15,5)6)22(21,8)28-23/h14-17H,9-13,24H2,1-8H3/t14-,15-,16-,17-,21+,22-/m0/s1. The molecule has 2 N–H and O–H groups in total. The van der Waals surface area contributed by atoms with Crippen LogP contribution in [0.2, 0.25) is 0 Å². The normalized spacial score (nSPS) is 38.4. The number of esters is 1. The Labute approximate surface area is 171 Å². The summed E-state index contributed by atoms with van der Waals surface area (Å²) in [6.07, 6.45) is 4.33. The molecule has 2 bridgehead atoms. The summed E-state index contributed by atoms with van der Waals surface area (Å²) in [7, 11) is -0.362. The van der Waals surface area contributed by atoms with Crippen LogP contribution in [0.1, 0.15) is 87.5 Å². The number of hydrogen-bond donors (Lipinski definition) is 1. The van der Waals surface area contributed by atoms with E-state index in [1.54, 1.807) is 0 Å². The molecule has 4 fully saturated rings. The van der Waals surface area contributed by atoms with Crippen LogP contribution < -0.4 is 5.73 Å². The van der Waals surface area contributed by atoms with Crippen LogP contribution in [0.3, 0.4) is 0 Å². The molecule has 6 heteroatoms. The van der Waals surface area contributed by atoms with Gasteiger partial charge in [0.15, 0.2) is 0 Å². The van der Waals surface area contributed by atoms with E-state index in [1.165, 1.54) is 6.42 Å². The summed E-state index contributed by atoms with van der Waals surface area (Å²) in [5, 5.41) is 0. The molecule has 6 atom stereocenters. The second-order valence-electron chi connectivity index (χ2n) is 11.6. The van der Waals surface area contributed by atoms with Crippen molar-refractivity contribution in [1.82, 2.24) is 0 Å². The summed E-state index contributed by atoms with van der Waals surface area (Å²) in [6, 6.07) is 0. The minimum atomic E-state index is -0.436. The van der Waals surface area contributed by atoms with Crippen LogP contribution in [-0.4, -0.2) is 35.8 Å². The Morgan fingerprint density at radius 1 is 1.21 bits per heavy atom. The van der Waals surface area contributed by atoms with Gasteiger partial charge in [-0.1, -0.05) is 20.8 Å². The molecule has 160 valence electrons. The molecule has 0 radical (unpaired) electrons. The summed E-state index contributed by atoms with van der Waals surface area (Å²) < 4.78 is 18.4. The van der Waals surface area contributed by atoms with Crippen molar-refractivity contribution in [1.29, 1.82) is 0 Å². The van der Waals surface area contributed by atoms with Gasteiger partial charge in [-0.25, -0.2) is 0 Å². The molecule has 0 aromatic rings. The van der Waals surface area contributed by atoms with Crippen molar-refractivity contribution in [3.05, 3.63) is 0 Å².